The van der Waals surface area contributed by atoms with Crippen LogP contribution in [0.2, 0.25) is 0 Å². The SMILES string of the molecule is O=[N+]([O-])c1cnc(OC(F)F)c(-n2ccnn2)c1.O=[N+]([O-])c1cnc(OC(F)F)c(-n2nccn2)c1.O=c1[nH]cc([N+](=O)[O-])cc1-n1ccnn1.O=c1[nH]cc([N+](=O)[O-])cc1-n1nccn1.O=c1[nH]cc([N+](=O)[O-])cc1I. The molecule has 9 heterocycles. The number of pyridine rings is 5. The highest BCUT2D eigenvalue weighted by molar-refractivity contribution is 14.1. The van der Waals surface area contributed by atoms with E-state index in [2.05, 4.69) is 75.4 Å². The van der Waals surface area contributed by atoms with Crippen molar-refractivity contribution in [2.24, 2.45) is 0 Å². The van der Waals surface area contributed by atoms with Crippen LogP contribution in [0.5, 0.6) is 11.8 Å². The first kappa shape index (κ1) is 56.7. The van der Waals surface area contributed by atoms with Gasteiger partial charge in [0.25, 0.3) is 45.1 Å². The van der Waals surface area contributed by atoms with Crippen LogP contribution in [0.3, 0.4) is 0 Å². The zero-order chi connectivity index (χ0) is 56.3. The van der Waals surface area contributed by atoms with E-state index in [9.17, 15) is 82.5 Å². The highest BCUT2D eigenvalue weighted by Crippen LogP contribution is 2.26. The van der Waals surface area contributed by atoms with Crippen LogP contribution in [-0.2, 0) is 0 Å². The zero-order valence-corrected chi connectivity index (χ0v) is 39.2. The fourth-order valence-electron chi connectivity index (χ4n) is 5.07. The first-order chi connectivity index (χ1) is 36.6. The normalized spacial score (nSPS) is 10.3. The zero-order valence-electron chi connectivity index (χ0n) is 37.1. The number of nitro groups is 5. The number of alkyl halides is 4. The minimum absolute atomic E-state index is 0.00852. The molecular weight excluding hydrogens is 1170 g/mol. The highest BCUT2D eigenvalue weighted by atomic mass is 127. The molecule has 0 aliphatic heterocycles. The van der Waals surface area contributed by atoms with Gasteiger partial charge in [-0.3, -0.25) is 65.0 Å². The maximum atomic E-state index is 12.2. The maximum absolute atomic E-state index is 12.2. The molecule has 0 aliphatic carbocycles. The van der Waals surface area contributed by atoms with E-state index in [1.54, 1.807) is 22.6 Å². The molecule has 9 rings (SSSR count). The summed E-state index contributed by atoms with van der Waals surface area (Å²) in [6.45, 7) is -6.20. The summed E-state index contributed by atoms with van der Waals surface area (Å²) in [7, 11) is 0. The smallest absolute Gasteiger partial charge is 0.388 e. The molecule has 0 amide bonds. The number of hydrogen-bond donors (Lipinski definition) is 3. The topological polar surface area (TPSA) is 481 Å². The molecule has 0 unspecified atom stereocenters. The monoisotopic (exact) mass is 1190 g/mol. The van der Waals surface area contributed by atoms with Crippen molar-refractivity contribution in [2.75, 3.05) is 0 Å². The van der Waals surface area contributed by atoms with Gasteiger partial charge in [-0.2, -0.15) is 38.0 Å². The first-order valence-electron chi connectivity index (χ1n) is 19.6. The number of aromatic nitrogens is 17. The van der Waals surface area contributed by atoms with E-state index >= 15 is 0 Å². The van der Waals surface area contributed by atoms with Gasteiger partial charge in [-0.1, -0.05) is 10.4 Å². The van der Waals surface area contributed by atoms with Gasteiger partial charge in [0.1, 0.15) is 23.8 Å². The van der Waals surface area contributed by atoms with Crippen LogP contribution in [0.4, 0.5) is 46.0 Å². The molecule has 0 saturated carbocycles. The van der Waals surface area contributed by atoms with Crippen molar-refractivity contribution in [1.29, 1.82) is 0 Å². The second-order valence-electron chi connectivity index (χ2n) is 13.1. The molecule has 42 heteroatoms. The van der Waals surface area contributed by atoms with Gasteiger partial charge in [0.2, 0.25) is 11.8 Å². The Morgan fingerprint density at radius 1 is 0.481 bits per heavy atom. The molecule has 0 aliphatic rings. The third kappa shape index (κ3) is 16.1. The summed E-state index contributed by atoms with van der Waals surface area (Å²) in [5.41, 5.74) is -2.73. The Bertz CT molecular complexity index is 3460. The van der Waals surface area contributed by atoms with E-state index in [0.29, 0.717) is 3.57 Å². The van der Waals surface area contributed by atoms with Crippen LogP contribution in [0, 0.1) is 54.1 Å². The molecule has 9 aromatic heterocycles. The maximum Gasteiger partial charge on any atom is 0.388 e. The van der Waals surface area contributed by atoms with Crippen molar-refractivity contribution in [1.82, 2.24) is 84.9 Å². The molecule has 0 aromatic carbocycles. The van der Waals surface area contributed by atoms with Crippen molar-refractivity contribution in [2.45, 2.75) is 13.2 Å². The van der Waals surface area contributed by atoms with Crippen LogP contribution >= 0.6 is 22.6 Å². The molecule has 37 nitrogen and oxygen atoms in total. The number of nitrogens with zero attached hydrogens (tertiary/aromatic N) is 19. The number of H-pyrrole nitrogens is 3. The fourth-order valence-corrected chi connectivity index (χ4v) is 5.55. The Hall–Kier alpha value is -11.2. The Labute approximate surface area is 430 Å². The molecule has 0 atom stereocenters. The first-order valence-corrected chi connectivity index (χ1v) is 20.6. The van der Waals surface area contributed by atoms with Crippen LogP contribution in [0.25, 0.3) is 22.7 Å². The van der Waals surface area contributed by atoms with Crippen molar-refractivity contribution in [3.63, 3.8) is 0 Å². The second kappa shape index (κ2) is 26.5. The Morgan fingerprint density at radius 2 is 0.831 bits per heavy atom. The molecule has 0 saturated heterocycles. The van der Waals surface area contributed by atoms with E-state index in [-0.39, 0.29) is 56.7 Å². The second-order valence-corrected chi connectivity index (χ2v) is 14.3. The molecule has 0 radical (unpaired) electrons. The summed E-state index contributed by atoms with van der Waals surface area (Å²) >= 11 is 1.74. The Morgan fingerprint density at radius 3 is 1.23 bits per heavy atom. The molecule has 77 heavy (non-hydrogen) atoms. The summed E-state index contributed by atoms with van der Waals surface area (Å²) in [5.74, 6) is -0.965. The summed E-state index contributed by atoms with van der Waals surface area (Å²) < 4.78 is 59.4. The highest BCUT2D eigenvalue weighted by Gasteiger charge is 2.21. The number of hydrogen-bond acceptors (Lipinski definition) is 25. The van der Waals surface area contributed by atoms with Gasteiger partial charge < -0.3 is 24.4 Å². The summed E-state index contributed by atoms with van der Waals surface area (Å²) in [5, 5.41) is 81.1. The van der Waals surface area contributed by atoms with Gasteiger partial charge in [-0.05, 0) is 22.6 Å². The minimum Gasteiger partial charge on any atom is -0.415 e. The number of halogens is 5. The summed E-state index contributed by atoms with van der Waals surface area (Å²) in [4.78, 5) is 98.0. The lowest BCUT2D eigenvalue weighted by Crippen LogP contribution is -2.16. The third-order valence-corrected chi connectivity index (χ3v) is 9.08. The average Bonchev–Trinajstić information content (AvgIpc) is 4.27. The standard InChI is InChI=1S/2C8H5F2N5O3.2C7H5N5O3.C5H3IN2O3/c9-8(10)18-7-6(14-2-1-12-13-14)3-5(4-11-7)15(16)17;9-8(10)18-7-6(14-12-1-2-13-14)3-5(4-11-7)15(16)17;13-7-6(11-2-1-9-10-11)3-5(4-8-7)12(14)15;13-7-6(11-9-1-2-10-11)3-5(4-8-7)12(14)15;6-4-1-3(8(10)11)2-7-5(4)9/h2*1-4,8H;2*1-4H,(H,8,13);1-2H,(H,7,9). The minimum atomic E-state index is -3.10. The van der Waals surface area contributed by atoms with Crippen molar-refractivity contribution in [3.05, 3.63) is 196 Å². The van der Waals surface area contributed by atoms with Gasteiger partial charge in [-0.25, -0.2) is 19.3 Å². The lowest BCUT2D eigenvalue weighted by molar-refractivity contribution is -0.385. The summed E-state index contributed by atoms with van der Waals surface area (Å²) in [6.07, 6.45) is 15.5. The molecular formula is C35H23F4IN22O15. The number of nitrogens with one attached hydrogen (secondary N) is 3. The van der Waals surface area contributed by atoms with E-state index in [4.69, 9.17) is 0 Å². The lowest BCUT2D eigenvalue weighted by atomic mass is 10.3. The molecule has 0 fully saturated rings. The molecule has 0 spiro atoms. The molecule has 0 bridgehead atoms. The van der Waals surface area contributed by atoms with Gasteiger partial charge in [0.15, 0.2) is 11.4 Å². The van der Waals surface area contributed by atoms with Crippen molar-refractivity contribution >= 4 is 51.0 Å². The number of rotatable bonds is 13. The van der Waals surface area contributed by atoms with Crippen molar-refractivity contribution in [3.8, 4) is 34.5 Å². The van der Waals surface area contributed by atoms with E-state index in [1.807, 2.05) is 0 Å². The van der Waals surface area contributed by atoms with Crippen molar-refractivity contribution < 1.29 is 51.7 Å². The van der Waals surface area contributed by atoms with Crippen LogP contribution < -0.4 is 26.2 Å². The largest absolute Gasteiger partial charge is 0.415 e. The summed E-state index contributed by atoms with van der Waals surface area (Å²) in [6, 6.07) is 5.47. The molecule has 9 aromatic rings. The molecule has 3 N–H and O–H groups in total. The van der Waals surface area contributed by atoms with Gasteiger partial charge in [-0.15, -0.1) is 19.8 Å². The predicted octanol–water partition coefficient (Wildman–Crippen LogP) is 2.96. The van der Waals surface area contributed by atoms with Gasteiger partial charge in [0, 0.05) is 18.2 Å². The van der Waals surface area contributed by atoms with Crippen LogP contribution in [0.15, 0.2) is 125 Å². The fraction of sp³-hybridized carbons (Fsp3) is 0.0571. The van der Waals surface area contributed by atoms with E-state index in [0.717, 1.165) is 74.2 Å². The van der Waals surface area contributed by atoms with Crippen LogP contribution in [0.1, 0.15) is 0 Å². The van der Waals surface area contributed by atoms with Gasteiger partial charge >= 0.3 is 13.2 Å². The van der Waals surface area contributed by atoms with Gasteiger partial charge in [0.05, 0.1) is 108 Å². The molecule has 398 valence electrons. The predicted molar refractivity (Wildman–Crippen MR) is 249 cm³/mol. The van der Waals surface area contributed by atoms with Crippen LogP contribution in [-0.4, -0.2) is 123 Å². The number of aromatic amines is 3. The van der Waals surface area contributed by atoms with E-state index < -0.39 is 60.7 Å². The Balaban J connectivity index is 0.000000179. The number of ether oxygens (including phenoxy) is 2. The van der Waals surface area contributed by atoms with E-state index in [1.165, 1.54) is 55.6 Å². The Kier molecular flexibility index (Phi) is 19.5. The quantitative estimate of drug-likeness (QED) is 0.0646. The lowest BCUT2D eigenvalue weighted by Gasteiger charge is -2.08. The third-order valence-electron chi connectivity index (χ3n) is 8.28. The average molecular weight is 1190 g/mol.